The smallest absolute Gasteiger partial charge is 0.0849 e. The van der Waals surface area contributed by atoms with Gasteiger partial charge in [0.2, 0.25) is 0 Å². The van der Waals surface area contributed by atoms with Gasteiger partial charge < -0.3 is 5.11 Å². The average Bonchev–Trinajstić information content (AvgIpc) is 2.77. The van der Waals surface area contributed by atoms with E-state index in [1.165, 1.54) is 0 Å². The number of aromatic nitrogens is 2. The third-order valence-electron chi connectivity index (χ3n) is 3.12. The second-order valence-electron chi connectivity index (χ2n) is 4.25. The highest BCUT2D eigenvalue weighted by atomic mass is 35.5. The molecule has 0 bridgehead atoms. The lowest BCUT2D eigenvalue weighted by molar-refractivity contribution is 0.148. The Kier molecular flexibility index (Phi) is 3.82. The fourth-order valence-corrected chi connectivity index (χ4v) is 3.74. The topological polar surface area (TPSA) is 38.0 Å². The molecule has 2 heterocycles. The lowest BCUT2D eigenvalue weighted by atomic mass is 10.00. The van der Waals surface area contributed by atoms with E-state index in [0.29, 0.717) is 5.92 Å². The van der Waals surface area contributed by atoms with Gasteiger partial charge in [0, 0.05) is 18.7 Å². The summed E-state index contributed by atoms with van der Waals surface area (Å²) in [6.45, 7) is 2.05. The third-order valence-corrected chi connectivity index (χ3v) is 4.80. The van der Waals surface area contributed by atoms with Gasteiger partial charge in [-0.2, -0.15) is 16.9 Å². The summed E-state index contributed by atoms with van der Waals surface area (Å²) in [4.78, 5) is 0. The number of thioether (sulfide) groups is 1. The van der Waals surface area contributed by atoms with Crippen molar-refractivity contribution >= 4 is 23.4 Å². The normalized spacial score (nSPS) is 25.2. The number of nitrogens with zero attached hydrogens (tertiary/aromatic N) is 2. The van der Waals surface area contributed by atoms with Crippen LogP contribution < -0.4 is 0 Å². The van der Waals surface area contributed by atoms with Gasteiger partial charge in [-0.15, -0.1) is 0 Å². The molecule has 3 nitrogen and oxygen atoms in total. The van der Waals surface area contributed by atoms with Crippen molar-refractivity contribution in [1.29, 1.82) is 0 Å². The number of rotatable bonds is 3. The van der Waals surface area contributed by atoms with Gasteiger partial charge >= 0.3 is 0 Å². The van der Waals surface area contributed by atoms with Gasteiger partial charge in [0.25, 0.3) is 0 Å². The molecule has 1 aliphatic heterocycles. The minimum absolute atomic E-state index is 0.193. The van der Waals surface area contributed by atoms with E-state index in [9.17, 15) is 5.11 Å². The Morgan fingerprint density at radius 1 is 1.56 bits per heavy atom. The molecule has 1 saturated heterocycles. The van der Waals surface area contributed by atoms with Crippen LogP contribution in [-0.4, -0.2) is 32.5 Å². The molecule has 5 heteroatoms. The molecule has 1 fully saturated rings. The maximum Gasteiger partial charge on any atom is 0.0849 e. The van der Waals surface area contributed by atoms with E-state index in [2.05, 4.69) is 12.0 Å². The second kappa shape index (κ2) is 4.98. The van der Waals surface area contributed by atoms with Crippen LogP contribution in [0.3, 0.4) is 0 Å². The number of aliphatic hydroxyl groups is 1. The molecular weight excluding hydrogens is 244 g/mol. The van der Waals surface area contributed by atoms with Gasteiger partial charge in [-0.05, 0) is 18.6 Å². The van der Waals surface area contributed by atoms with Gasteiger partial charge in [0.1, 0.15) is 0 Å². The van der Waals surface area contributed by atoms with Crippen molar-refractivity contribution in [2.24, 2.45) is 13.0 Å². The van der Waals surface area contributed by atoms with Crippen LogP contribution in [0.15, 0.2) is 0 Å². The molecule has 2 rings (SSSR count). The molecule has 2 atom stereocenters. The highest BCUT2D eigenvalue weighted by Gasteiger charge is 2.28. The van der Waals surface area contributed by atoms with Crippen LogP contribution in [-0.2, 0) is 19.9 Å². The van der Waals surface area contributed by atoms with E-state index < -0.39 is 0 Å². The SMILES string of the molecule is CCc1nn(C)c(CC2CSCC2O)c1Cl. The Morgan fingerprint density at radius 3 is 2.81 bits per heavy atom. The molecule has 0 aromatic carbocycles. The Morgan fingerprint density at radius 2 is 2.31 bits per heavy atom. The summed E-state index contributed by atoms with van der Waals surface area (Å²) in [5.74, 6) is 2.19. The van der Waals surface area contributed by atoms with Crippen molar-refractivity contribution in [3.05, 3.63) is 16.4 Å². The monoisotopic (exact) mass is 260 g/mol. The van der Waals surface area contributed by atoms with E-state index >= 15 is 0 Å². The maximum absolute atomic E-state index is 9.80. The Labute approximate surface area is 105 Å². The van der Waals surface area contributed by atoms with Crippen LogP contribution >= 0.6 is 23.4 Å². The van der Waals surface area contributed by atoms with Crippen LogP contribution in [0.25, 0.3) is 0 Å². The fraction of sp³-hybridized carbons (Fsp3) is 0.727. The fourth-order valence-electron chi connectivity index (χ4n) is 2.07. The van der Waals surface area contributed by atoms with Crippen LogP contribution in [0.4, 0.5) is 0 Å². The van der Waals surface area contributed by atoms with Crippen molar-refractivity contribution in [3.8, 4) is 0 Å². The van der Waals surface area contributed by atoms with Crippen LogP contribution in [0.1, 0.15) is 18.3 Å². The molecule has 16 heavy (non-hydrogen) atoms. The molecule has 1 N–H and O–H groups in total. The summed E-state index contributed by atoms with van der Waals surface area (Å²) in [5, 5.41) is 15.0. The van der Waals surface area contributed by atoms with Crippen molar-refractivity contribution in [2.75, 3.05) is 11.5 Å². The second-order valence-corrected chi connectivity index (χ2v) is 5.71. The van der Waals surface area contributed by atoms with E-state index in [1.54, 1.807) is 0 Å². The highest BCUT2D eigenvalue weighted by Crippen LogP contribution is 2.30. The number of halogens is 1. The maximum atomic E-state index is 9.80. The first-order valence-corrected chi connectivity index (χ1v) is 7.12. The van der Waals surface area contributed by atoms with E-state index in [1.807, 2.05) is 23.5 Å². The number of hydrogen-bond acceptors (Lipinski definition) is 3. The molecule has 0 amide bonds. The molecule has 1 aromatic heterocycles. The average molecular weight is 261 g/mol. The summed E-state index contributed by atoms with van der Waals surface area (Å²) in [6.07, 6.45) is 1.49. The predicted octanol–water partition coefficient (Wildman–Crippen LogP) is 1.90. The third kappa shape index (κ3) is 2.24. The van der Waals surface area contributed by atoms with Crippen molar-refractivity contribution in [2.45, 2.75) is 25.9 Å². The van der Waals surface area contributed by atoms with E-state index in [4.69, 9.17) is 11.6 Å². The molecule has 1 aliphatic rings. The number of aliphatic hydroxyl groups excluding tert-OH is 1. The number of aryl methyl sites for hydroxylation is 2. The lowest BCUT2D eigenvalue weighted by Gasteiger charge is -2.13. The minimum atomic E-state index is -0.193. The molecule has 0 radical (unpaired) electrons. The Hall–Kier alpha value is -0.190. The van der Waals surface area contributed by atoms with E-state index in [-0.39, 0.29) is 6.10 Å². The molecule has 0 aliphatic carbocycles. The van der Waals surface area contributed by atoms with Crippen LogP contribution in [0.5, 0.6) is 0 Å². The summed E-state index contributed by atoms with van der Waals surface area (Å²) < 4.78 is 1.86. The molecular formula is C11H17ClN2OS. The highest BCUT2D eigenvalue weighted by molar-refractivity contribution is 7.99. The van der Waals surface area contributed by atoms with E-state index in [0.717, 1.165) is 40.8 Å². The van der Waals surface area contributed by atoms with Gasteiger partial charge in [-0.3, -0.25) is 4.68 Å². The zero-order valence-electron chi connectivity index (χ0n) is 9.61. The van der Waals surface area contributed by atoms with Crippen molar-refractivity contribution in [3.63, 3.8) is 0 Å². The predicted molar refractivity (Wildman–Crippen MR) is 68.1 cm³/mol. The summed E-state index contributed by atoms with van der Waals surface area (Å²) in [6, 6.07) is 0. The lowest BCUT2D eigenvalue weighted by Crippen LogP contribution is -2.21. The largest absolute Gasteiger partial charge is 0.392 e. The first-order valence-electron chi connectivity index (χ1n) is 5.59. The molecule has 0 saturated carbocycles. The standard InChI is InChI=1S/C11H17ClN2OS/c1-3-8-11(12)9(14(2)13-8)4-7-5-16-6-10(7)15/h7,10,15H,3-6H2,1-2H3. The summed E-state index contributed by atoms with van der Waals surface area (Å²) >= 11 is 8.10. The molecule has 2 unspecified atom stereocenters. The minimum Gasteiger partial charge on any atom is -0.392 e. The van der Waals surface area contributed by atoms with Crippen LogP contribution in [0.2, 0.25) is 5.02 Å². The molecule has 1 aromatic rings. The zero-order chi connectivity index (χ0) is 11.7. The Bertz CT molecular complexity index is 380. The first kappa shape index (κ1) is 12.3. The summed E-state index contributed by atoms with van der Waals surface area (Å²) in [7, 11) is 1.93. The van der Waals surface area contributed by atoms with Gasteiger partial charge in [0.15, 0.2) is 0 Å². The molecule has 0 spiro atoms. The quantitative estimate of drug-likeness (QED) is 0.902. The van der Waals surface area contributed by atoms with Gasteiger partial charge in [-0.1, -0.05) is 18.5 Å². The van der Waals surface area contributed by atoms with Gasteiger partial charge in [0.05, 0.1) is 22.5 Å². The van der Waals surface area contributed by atoms with Crippen molar-refractivity contribution < 1.29 is 5.11 Å². The Balaban J connectivity index is 2.17. The summed E-state index contributed by atoms with van der Waals surface area (Å²) in [5.41, 5.74) is 2.02. The van der Waals surface area contributed by atoms with Crippen LogP contribution in [0, 0.1) is 5.92 Å². The van der Waals surface area contributed by atoms with Crippen molar-refractivity contribution in [1.82, 2.24) is 9.78 Å². The molecule has 90 valence electrons. The number of hydrogen-bond donors (Lipinski definition) is 1. The zero-order valence-corrected chi connectivity index (χ0v) is 11.2. The van der Waals surface area contributed by atoms with Gasteiger partial charge in [-0.25, -0.2) is 0 Å². The first-order chi connectivity index (χ1) is 7.63.